The van der Waals surface area contributed by atoms with Gasteiger partial charge in [0.25, 0.3) is 0 Å². The van der Waals surface area contributed by atoms with Crippen molar-refractivity contribution in [3.8, 4) is 0 Å². The van der Waals surface area contributed by atoms with Crippen molar-refractivity contribution in [1.82, 2.24) is 14.9 Å². The molecule has 0 saturated carbocycles. The van der Waals surface area contributed by atoms with Gasteiger partial charge in [-0.05, 0) is 49.6 Å². The van der Waals surface area contributed by atoms with E-state index in [1.807, 2.05) is 27.0 Å². The number of nitrogens with zero attached hydrogens (tertiary/aromatic N) is 2. The Kier molecular flexibility index (Phi) is 4.44. The lowest BCUT2D eigenvalue weighted by molar-refractivity contribution is 0.537. The second kappa shape index (κ2) is 5.81. The fourth-order valence-corrected chi connectivity index (χ4v) is 3.59. The van der Waals surface area contributed by atoms with Gasteiger partial charge < -0.3 is 5.32 Å². The highest BCUT2D eigenvalue weighted by atomic mass is 32.1. The third-order valence-electron chi connectivity index (χ3n) is 3.54. The number of aryl methyl sites for hydroxylation is 2. The van der Waals surface area contributed by atoms with E-state index in [1.165, 1.54) is 11.5 Å². The molecule has 0 aliphatic heterocycles. The SMILES string of the molecule is CNC(c1snnc1C(C)(C)C)c1c(C)cc(C)cc1F. The van der Waals surface area contributed by atoms with Gasteiger partial charge in [-0.25, -0.2) is 4.39 Å². The molecule has 21 heavy (non-hydrogen) atoms. The molecule has 0 aliphatic carbocycles. The highest BCUT2D eigenvalue weighted by Gasteiger charge is 2.29. The summed E-state index contributed by atoms with van der Waals surface area (Å²) in [6.07, 6.45) is 0. The Morgan fingerprint density at radius 1 is 1.24 bits per heavy atom. The first-order valence-corrected chi connectivity index (χ1v) is 7.79. The van der Waals surface area contributed by atoms with E-state index in [-0.39, 0.29) is 17.3 Å². The Balaban J connectivity index is 2.59. The molecule has 0 saturated heterocycles. The Morgan fingerprint density at radius 2 is 1.90 bits per heavy atom. The van der Waals surface area contributed by atoms with Crippen LogP contribution in [-0.2, 0) is 5.41 Å². The smallest absolute Gasteiger partial charge is 0.128 e. The zero-order chi connectivity index (χ0) is 15.8. The van der Waals surface area contributed by atoms with Crippen LogP contribution >= 0.6 is 11.5 Å². The Labute approximate surface area is 129 Å². The van der Waals surface area contributed by atoms with E-state index < -0.39 is 0 Å². The van der Waals surface area contributed by atoms with Crippen molar-refractivity contribution in [2.75, 3.05) is 7.05 Å². The highest BCUT2D eigenvalue weighted by molar-refractivity contribution is 7.05. The molecule has 1 N–H and O–H groups in total. The minimum Gasteiger partial charge on any atom is -0.308 e. The summed E-state index contributed by atoms with van der Waals surface area (Å²) in [6.45, 7) is 10.1. The Bertz CT molecular complexity index is 620. The topological polar surface area (TPSA) is 37.8 Å². The zero-order valence-corrected chi connectivity index (χ0v) is 14.2. The van der Waals surface area contributed by atoms with Gasteiger partial charge in [-0.1, -0.05) is 31.3 Å². The molecule has 0 amide bonds. The number of hydrogen-bond acceptors (Lipinski definition) is 4. The molecular formula is C16H22FN3S. The summed E-state index contributed by atoms with van der Waals surface area (Å²) >= 11 is 1.34. The molecule has 0 bridgehead atoms. The number of hydrogen-bond donors (Lipinski definition) is 1. The lowest BCUT2D eigenvalue weighted by atomic mass is 9.87. The molecule has 0 aliphatic rings. The van der Waals surface area contributed by atoms with Crippen molar-refractivity contribution in [2.24, 2.45) is 0 Å². The summed E-state index contributed by atoms with van der Waals surface area (Å²) in [6, 6.07) is 3.37. The molecule has 2 rings (SSSR count). The average molecular weight is 307 g/mol. The average Bonchev–Trinajstić information content (AvgIpc) is 2.82. The number of benzene rings is 1. The first-order valence-electron chi connectivity index (χ1n) is 7.02. The van der Waals surface area contributed by atoms with Gasteiger partial charge in [0.1, 0.15) is 5.82 Å². The molecule has 0 radical (unpaired) electrons. The minimum atomic E-state index is -0.222. The minimum absolute atomic E-state index is 0.119. The van der Waals surface area contributed by atoms with E-state index in [9.17, 15) is 4.39 Å². The van der Waals surface area contributed by atoms with Gasteiger partial charge in [0.2, 0.25) is 0 Å². The molecule has 1 heterocycles. The lowest BCUT2D eigenvalue weighted by Crippen LogP contribution is -2.24. The van der Waals surface area contributed by atoms with Crippen LogP contribution in [0.1, 0.15) is 54.1 Å². The van der Waals surface area contributed by atoms with Gasteiger partial charge in [0.15, 0.2) is 0 Å². The molecule has 1 aromatic heterocycles. The van der Waals surface area contributed by atoms with Crippen LogP contribution in [0.3, 0.4) is 0 Å². The van der Waals surface area contributed by atoms with Crippen LogP contribution in [0.2, 0.25) is 0 Å². The second-order valence-corrected chi connectivity index (χ2v) is 7.22. The monoisotopic (exact) mass is 307 g/mol. The summed E-state index contributed by atoms with van der Waals surface area (Å²) in [5.41, 5.74) is 3.36. The number of halogens is 1. The van der Waals surface area contributed by atoms with Gasteiger partial charge in [-0.3, -0.25) is 0 Å². The molecule has 114 valence electrons. The fourth-order valence-electron chi connectivity index (χ4n) is 2.61. The summed E-state index contributed by atoms with van der Waals surface area (Å²) in [7, 11) is 1.84. The van der Waals surface area contributed by atoms with E-state index in [0.717, 1.165) is 21.7 Å². The molecule has 2 aromatic rings. The Hall–Kier alpha value is -1.33. The van der Waals surface area contributed by atoms with Crippen molar-refractivity contribution in [1.29, 1.82) is 0 Å². The van der Waals surface area contributed by atoms with Crippen LogP contribution in [0.4, 0.5) is 4.39 Å². The molecule has 3 nitrogen and oxygen atoms in total. The zero-order valence-electron chi connectivity index (χ0n) is 13.4. The van der Waals surface area contributed by atoms with Crippen LogP contribution < -0.4 is 5.32 Å². The number of aromatic nitrogens is 2. The number of rotatable bonds is 3. The maximum absolute atomic E-state index is 14.5. The molecule has 0 fully saturated rings. The fraction of sp³-hybridized carbons (Fsp3) is 0.500. The lowest BCUT2D eigenvalue weighted by Gasteiger charge is -2.23. The van der Waals surface area contributed by atoms with Crippen LogP contribution in [0.5, 0.6) is 0 Å². The molecule has 5 heteroatoms. The van der Waals surface area contributed by atoms with Crippen molar-refractivity contribution < 1.29 is 4.39 Å². The van der Waals surface area contributed by atoms with Gasteiger partial charge in [0.05, 0.1) is 16.6 Å². The summed E-state index contributed by atoms with van der Waals surface area (Å²) < 4.78 is 18.6. The molecule has 1 atom stereocenters. The first-order chi connectivity index (χ1) is 9.75. The third-order valence-corrected chi connectivity index (χ3v) is 4.33. The summed E-state index contributed by atoms with van der Waals surface area (Å²) in [5, 5.41) is 7.49. The van der Waals surface area contributed by atoms with Crippen molar-refractivity contribution >= 4 is 11.5 Å². The normalized spacial score (nSPS) is 13.5. The van der Waals surface area contributed by atoms with Crippen LogP contribution in [0.25, 0.3) is 0 Å². The van der Waals surface area contributed by atoms with E-state index in [2.05, 4.69) is 35.7 Å². The van der Waals surface area contributed by atoms with E-state index in [0.29, 0.717) is 5.56 Å². The molecule has 1 unspecified atom stereocenters. The van der Waals surface area contributed by atoms with E-state index in [4.69, 9.17) is 0 Å². The predicted octanol–water partition coefficient (Wildman–Crippen LogP) is 3.90. The molecular weight excluding hydrogens is 285 g/mol. The van der Waals surface area contributed by atoms with E-state index in [1.54, 1.807) is 6.07 Å². The van der Waals surface area contributed by atoms with Crippen LogP contribution in [-0.4, -0.2) is 16.6 Å². The predicted molar refractivity (Wildman–Crippen MR) is 85.4 cm³/mol. The van der Waals surface area contributed by atoms with E-state index >= 15 is 0 Å². The van der Waals surface area contributed by atoms with Gasteiger partial charge in [-0.15, -0.1) is 5.10 Å². The molecule has 1 aromatic carbocycles. The van der Waals surface area contributed by atoms with Crippen molar-refractivity contribution in [3.05, 3.63) is 45.2 Å². The van der Waals surface area contributed by atoms with Gasteiger partial charge in [-0.2, -0.15) is 0 Å². The van der Waals surface area contributed by atoms with Crippen LogP contribution in [0.15, 0.2) is 12.1 Å². The summed E-state index contributed by atoms with van der Waals surface area (Å²) in [5.74, 6) is -0.180. The standard InChI is InChI=1S/C16H22FN3S/c1-9-7-10(2)12(11(17)8-9)13(18-6)14-15(16(3,4)5)19-20-21-14/h7-8,13,18H,1-6H3. The summed E-state index contributed by atoms with van der Waals surface area (Å²) in [4.78, 5) is 0.982. The maximum Gasteiger partial charge on any atom is 0.128 e. The quantitative estimate of drug-likeness (QED) is 0.934. The Morgan fingerprint density at radius 3 is 2.43 bits per heavy atom. The highest BCUT2D eigenvalue weighted by Crippen LogP contribution is 2.35. The maximum atomic E-state index is 14.5. The van der Waals surface area contributed by atoms with Gasteiger partial charge >= 0.3 is 0 Å². The van der Waals surface area contributed by atoms with Crippen LogP contribution in [0, 0.1) is 19.7 Å². The number of nitrogens with one attached hydrogen (secondary N) is 1. The van der Waals surface area contributed by atoms with Gasteiger partial charge in [0, 0.05) is 11.0 Å². The third kappa shape index (κ3) is 3.14. The molecule has 0 spiro atoms. The van der Waals surface area contributed by atoms with Crippen molar-refractivity contribution in [2.45, 2.75) is 46.1 Å². The second-order valence-electron chi connectivity index (χ2n) is 6.43. The largest absolute Gasteiger partial charge is 0.308 e. The van der Waals surface area contributed by atoms with Crippen molar-refractivity contribution in [3.63, 3.8) is 0 Å². The first kappa shape index (κ1) is 16.0.